The summed E-state index contributed by atoms with van der Waals surface area (Å²) in [5.41, 5.74) is 2.88. The molecule has 0 aliphatic rings. The zero-order chi connectivity index (χ0) is 16.3. The highest BCUT2D eigenvalue weighted by atomic mass is 35.5. The van der Waals surface area contributed by atoms with Crippen molar-refractivity contribution in [2.75, 3.05) is 0 Å². The Balaban J connectivity index is 1.91. The van der Waals surface area contributed by atoms with Crippen molar-refractivity contribution in [2.45, 2.75) is 53.2 Å². The van der Waals surface area contributed by atoms with E-state index in [2.05, 4.69) is 15.5 Å². The zero-order valence-electron chi connectivity index (χ0n) is 13.4. The monoisotopic (exact) mass is 323 g/mol. The molecule has 120 valence electrons. The van der Waals surface area contributed by atoms with Gasteiger partial charge in [-0.2, -0.15) is 10.2 Å². The van der Waals surface area contributed by atoms with E-state index >= 15 is 0 Å². The topological polar surface area (TPSA) is 64.7 Å². The number of hydrogen-bond donors (Lipinski definition) is 1. The first-order valence-electron chi connectivity index (χ1n) is 7.43. The molecule has 2 heterocycles. The van der Waals surface area contributed by atoms with Crippen molar-refractivity contribution in [3.63, 3.8) is 0 Å². The lowest BCUT2D eigenvalue weighted by atomic mass is 10.1. The molecule has 2 aromatic heterocycles. The van der Waals surface area contributed by atoms with Gasteiger partial charge in [0.1, 0.15) is 0 Å². The van der Waals surface area contributed by atoms with E-state index in [4.69, 9.17) is 11.6 Å². The van der Waals surface area contributed by atoms with Crippen molar-refractivity contribution in [1.82, 2.24) is 24.9 Å². The van der Waals surface area contributed by atoms with Crippen LogP contribution in [0.5, 0.6) is 0 Å². The highest BCUT2D eigenvalue weighted by Crippen LogP contribution is 2.17. The van der Waals surface area contributed by atoms with Crippen LogP contribution in [0.2, 0.25) is 5.02 Å². The maximum atomic E-state index is 12.1. The van der Waals surface area contributed by atoms with E-state index in [1.165, 1.54) is 0 Å². The molecule has 6 nitrogen and oxygen atoms in total. The van der Waals surface area contributed by atoms with Crippen LogP contribution >= 0.6 is 11.6 Å². The van der Waals surface area contributed by atoms with Crippen LogP contribution in [0.15, 0.2) is 12.4 Å². The standard InChI is InChI=1S/C15H22ClN5O/c1-5-20-9-13(11(3)19-20)10(2)18-15(22)6-7-21-12(4)14(16)8-17-21/h8-10H,5-7H2,1-4H3,(H,18,22). The summed E-state index contributed by atoms with van der Waals surface area (Å²) in [4.78, 5) is 12.1. The molecule has 2 rings (SSSR count). The van der Waals surface area contributed by atoms with Gasteiger partial charge in [-0.1, -0.05) is 11.6 Å². The summed E-state index contributed by atoms with van der Waals surface area (Å²) >= 11 is 5.95. The molecule has 0 aromatic carbocycles. The summed E-state index contributed by atoms with van der Waals surface area (Å²) in [7, 11) is 0. The highest BCUT2D eigenvalue weighted by molar-refractivity contribution is 6.31. The van der Waals surface area contributed by atoms with Gasteiger partial charge >= 0.3 is 0 Å². The van der Waals surface area contributed by atoms with Gasteiger partial charge in [0.15, 0.2) is 0 Å². The maximum absolute atomic E-state index is 12.1. The molecule has 1 amide bonds. The average molecular weight is 324 g/mol. The van der Waals surface area contributed by atoms with Crippen LogP contribution in [0.4, 0.5) is 0 Å². The van der Waals surface area contributed by atoms with Gasteiger partial charge < -0.3 is 5.32 Å². The number of rotatable bonds is 6. The van der Waals surface area contributed by atoms with Crippen LogP contribution in [0.1, 0.15) is 43.3 Å². The van der Waals surface area contributed by atoms with Crippen molar-refractivity contribution in [2.24, 2.45) is 0 Å². The van der Waals surface area contributed by atoms with E-state index in [1.807, 2.05) is 38.6 Å². The molecule has 22 heavy (non-hydrogen) atoms. The first kappa shape index (κ1) is 16.5. The average Bonchev–Trinajstić information content (AvgIpc) is 3.01. The van der Waals surface area contributed by atoms with E-state index in [0.29, 0.717) is 18.0 Å². The molecule has 0 aliphatic carbocycles. The van der Waals surface area contributed by atoms with E-state index < -0.39 is 0 Å². The Labute approximate surface area is 135 Å². The Morgan fingerprint density at radius 2 is 2.18 bits per heavy atom. The number of carbonyl (C=O) groups is 1. The number of carbonyl (C=O) groups excluding carboxylic acids is 1. The van der Waals surface area contributed by atoms with Crippen molar-refractivity contribution in [1.29, 1.82) is 0 Å². The van der Waals surface area contributed by atoms with Crippen molar-refractivity contribution in [3.05, 3.63) is 34.4 Å². The third-order valence-electron chi connectivity index (χ3n) is 3.75. The fourth-order valence-electron chi connectivity index (χ4n) is 2.37. The quantitative estimate of drug-likeness (QED) is 0.888. The SMILES string of the molecule is CCn1cc(C(C)NC(=O)CCn2ncc(Cl)c2C)c(C)n1. The van der Waals surface area contributed by atoms with E-state index in [9.17, 15) is 4.79 Å². The van der Waals surface area contributed by atoms with Crippen LogP contribution in [-0.2, 0) is 17.9 Å². The highest BCUT2D eigenvalue weighted by Gasteiger charge is 2.15. The molecule has 0 bridgehead atoms. The van der Waals surface area contributed by atoms with E-state index in [1.54, 1.807) is 10.9 Å². The third kappa shape index (κ3) is 3.68. The Bertz CT molecular complexity index is 661. The molecule has 7 heteroatoms. The Hall–Kier alpha value is -1.82. The lowest BCUT2D eigenvalue weighted by Gasteiger charge is -2.13. The van der Waals surface area contributed by atoms with Crippen molar-refractivity contribution >= 4 is 17.5 Å². The van der Waals surface area contributed by atoms with Gasteiger partial charge in [0, 0.05) is 24.7 Å². The van der Waals surface area contributed by atoms with Gasteiger partial charge in [-0.3, -0.25) is 14.2 Å². The molecule has 1 N–H and O–H groups in total. The first-order valence-corrected chi connectivity index (χ1v) is 7.81. The summed E-state index contributed by atoms with van der Waals surface area (Å²) in [6.45, 7) is 9.19. The predicted molar refractivity (Wildman–Crippen MR) is 85.8 cm³/mol. The largest absolute Gasteiger partial charge is 0.349 e. The molecular weight excluding hydrogens is 302 g/mol. The minimum atomic E-state index is -0.0601. The number of nitrogens with zero attached hydrogens (tertiary/aromatic N) is 4. The predicted octanol–water partition coefficient (Wildman–Crippen LogP) is 2.64. The summed E-state index contributed by atoms with van der Waals surface area (Å²) in [5, 5.41) is 12.2. The Morgan fingerprint density at radius 1 is 1.45 bits per heavy atom. The minimum Gasteiger partial charge on any atom is -0.349 e. The second kappa shape index (κ2) is 6.96. The van der Waals surface area contributed by atoms with Gasteiger partial charge in [0.25, 0.3) is 0 Å². The van der Waals surface area contributed by atoms with Crippen LogP contribution in [0.25, 0.3) is 0 Å². The number of hydrogen-bond acceptors (Lipinski definition) is 3. The normalized spacial score (nSPS) is 12.4. The molecule has 0 saturated heterocycles. The summed E-state index contributed by atoms with van der Waals surface area (Å²) in [6, 6.07) is -0.0601. The number of nitrogens with one attached hydrogen (secondary N) is 1. The van der Waals surface area contributed by atoms with Gasteiger partial charge in [0.05, 0.1) is 35.2 Å². The lowest BCUT2D eigenvalue weighted by molar-refractivity contribution is -0.122. The van der Waals surface area contributed by atoms with Crippen molar-refractivity contribution in [3.8, 4) is 0 Å². The van der Waals surface area contributed by atoms with Gasteiger partial charge in [-0.15, -0.1) is 0 Å². The van der Waals surface area contributed by atoms with Gasteiger partial charge in [0.2, 0.25) is 5.91 Å². The van der Waals surface area contributed by atoms with Gasteiger partial charge in [-0.25, -0.2) is 0 Å². The fourth-order valence-corrected chi connectivity index (χ4v) is 2.51. The lowest BCUT2D eigenvalue weighted by Crippen LogP contribution is -2.27. The summed E-state index contributed by atoms with van der Waals surface area (Å²) in [5.74, 6) is -0.0119. The molecule has 0 radical (unpaired) electrons. The molecule has 0 saturated carbocycles. The Kier molecular flexibility index (Phi) is 5.24. The van der Waals surface area contributed by atoms with E-state index in [0.717, 1.165) is 23.5 Å². The molecule has 1 unspecified atom stereocenters. The van der Waals surface area contributed by atoms with Crippen LogP contribution in [0.3, 0.4) is 0 Å². The fraction of sp³-hybridized carbons (Fsp3) is 0.533. The molecule has 0 fully saturated rings. The summed E-state index contributed by atoms with van der Waals surface area (Å²) < 4.78 is 3.62. The maximum Gasteiger partial charge on any atom is 0.222 e. The summed E-state index contributed by atoms with van der Waals surface area (Å²) in [6.07, 6.45) is 3.95. The molecular formula is C15H22ClN5O. The van der Waals surface area contributed by atoms with Crippen LogP contribution in [0, 0.1) is 13.8 Å². The number of aromatic nitrogens is 4. The van der Waals surface area contributed by atoms with Crippen molar-refractivity contribution < 1.29 is 4.79 Å². The minimum absolute atomic E-state index is 0.0119. The molecule has 0 spiro atoms. The zero-order valence-corrected chi connectivity index (χ0v) is 14.2. The van der Waals surface area contributed by atoms with Crippen LogP contribution in [-0.4, -0.2) is 25.5 Å². The first-order chi connectivity index (χ1) is 10.4. The molecule has 0 aliphatic heterocycles. The van der Waals surface area contributed by atoms with Crippen LogP contribution < -0.4 is 5.32 Å². The second-order valence-electron chi connectivity index (χ2n) is 5.37. The van der Waals surface area contributed by atoms with Gasteiger partial charge in [-0.05, 0) is 27.7 Å². The molecule has 1 atom stereocenters. The molecule has 2 aromatic rings. The third-order valence-corrected chi connectivity index (χ3v) is 4.12. The van der Waals surface area contributed by atoms with E-state index in [-0.39, 0.29) is 11.9 Å². The number of aryl methyl sites for hydroxylation is 3. The number of halogens is 1. The number of amides is 1. The second-order valence-corrected chi connectivity index (χ2v) is 5.77. The smallest absolute Gasteiger partial charge is 0.222 e. The Morgan fingerprint density at radius 3 is 2.73 bits per heavy atom.